The van der Waals surface area contributed by atoms with Crippen molar-refractivity contribution in [3.05, 3.63) is 98.8 Å². The highest BCUT2D eigenvalue weighted by Gasteiger charge is 2.19. The topological polar surface area (TPSA) is 67.5 Å². The summed E-state index contributed by atoms with van der Waals surface area (Å²) >= 11 is 4.63. The quantitative estimate of drug-likeness (QED) is 0.302. The molecule has 0 aliphatic heterocycles. The van der Waals surface area contributed by atoms with Gasteiger partial charge in [0.1, 0.15) is 16.4 Å². The third kappa shape index (κ3) is 3.72. The van der Waals surface area contributed by atoms with Gasteiger partial charge in [0, 0.05) is 34.2 Å². The Hall–Kier alpha value is -3.36. The van der Waals surface area contributed by atoms with Crippen LogP contribution in [0.4, 0.5) is 4.39 Å². The number of rotatable bonds is 5. The number of nitrogens with zero attached hydrogens (tertiary/aromatic N) is 3. The van der Waals surface area contributed by atoms with Gasteiger partial charge in [-0.15, -0.1) is 11.3 Å². The summed E-state index contributed by atoms with van der Waals surface area (Å²) < 4.78 is 15.9. The van der Waals surface area contributed by atoms with Gasteiger partial charge in [-0.25, -0.2) is 13.7 Å². The van der Waals surface area contributed by atoms with Crippen LogP contribution in [-0.2, 0) is 6.42 Å². The summed E-state index contributed by atoms with van der Waals surface area (Å²) in [6.45, 7) is 0. The highest BCUT2D eigenvalue weighted by molar-refractivity contribution is 9.10. The largest absolute Gasteiger partial charge is 0.477 e. The van der Waals surface area contributed by atoms with Crippen LogP contribution in [0.25, 0.3) is 27.9 Å². The Kier molecular flexibility index (Phi) is 5.32. The molecule has 0 fully saturated rings. The molecule has 8 heteroatoms. The summed E-state index contributed by atoms with van der Waals surface area (Å²) in [6, 6.07) is 14.2. The molecule has 0 atom stereocenters. The molecule has 158 valence electrons. The molecule has 0 saturated carbocycles. The Morgan fingerprint density at radius 2 is 1.84 bits per heavy atom. The van der Waals surface area contributed by atoms with E-state index in [1.165, 1.54) is 23.5 Å². The second kappa shape index (κ2) is 8.29. The third-order valence-corrected chi connectivity index (χ3v) is 7.36. The standard InChI is InChI=1S/C24H15BrFN3O2S/c25-21-17(13-32-23(21)24(30)31)11-14-7-10-29-19(12-14)20(15-5-8-27-9-6-15)22(28-29)16-1-3-18(26)4-2-16/h1-10,12-13H,11H2,(H,30,31). The van der Waals surface area contributed by atoms with E-state index >= 15 is 0 Å². The van der Waals surface area contributed by atoms with E-state index in [1.54, 1.807) is 24.5 Å². The Balaban J connectivity index is 1.65. The van der Waals surface area contributed by atoms with Crippen molar-refractivity contribution in [3.63, 3.8) is 0 Å². The van der Waals surface area contributed by atoms with Crippen LogP contribution in [0.1, 0.15) is 20.8 Å². The third-order valence-electron chi connectivity index (χ3n) is 5.18. The molecule has 0 unspecified atom stereocenters. The summed E-state index contributed by atoms with van der Waals surface area (Å²) in [5, 5.41) is 16.0. The zero-order valence-corrected chi connectivity index (χ0v) is 18.9. The summed E-state index contributed by atoms with van der Waals surface area (Å²) in [6.07, 6.45) is 5.93. The fourth-order valence-corrected chi connectivity index (χ4v) is 5.33. The van der Waals surface area contributed by atoms with Gasteiger partial charge in [0.2, 0.25) is 0 Å². The van der Waals surface area contributed by atoms with E-state index in [4.69, 9.17) is 5.10 Å². The molecule has 4 heterocycles. The maximum absolute atomic E-state index is 13.5. The highest BCUT2D eigenvalue weighted by Crippen LogP contribution is 2.36. The number of pyridine rings is 2. The van der Waals surface area contributed by atoms with E-state index < -0.39 is 5.97 Å². The summed E-state index contributed by atoms with van der Waals surface area (Å²) in [5.41, 5.74) is 6.29. The molecule has 1 aromatic carbocycles. The Morgan fingerprint density at radius 3 is 2.53 bits per heavy atom. The number of carbonyl (C=O) groups is 1. The van der Waals surface area contributed by atoms with Gasteiger partial charge in [0.25, 0.3) is 0 Å². The summed E-state index contributed by atoms with van der Waals surface area (Å²) in [4.78, 5) is 15.8. The van der Waals surface area contributed by atoms with Gasteiger partial charge in [0.15, 0.2) is 0 Å². The van der Waals surface area contributed by atoms with Crippen molar-refractivity contribution in [1.29, 1.82) is 0 Å². The molecule has 0 radical (unpaired) electrons. The molecule has 5 nitrogen and oxygen atoms in total. The number of hydrogen-bond donors (Lipinski definition) is 1. The highest BCUT2D eigenvalue weighted by atomic mass is 79.9. The van der Waals surface area contributed by atoms with Crippen molar-refractivity contribution in [2.24, 2.45) is 0 Å². The van der Waals surface area contributed by atoms with Crippen molar-refractivity contribution in [2.75, 3.05) is 0 Å². The number of aromatic carboxylic acids is 1. The molecule has 0 aliphatic carbocycles. The van der Waals surface area contributed by atoms with Crippen molar-refractivity contribution in [3.8, 4) is 22.4 Å². The van der Waals surface area contributed by atoms with E-state index in [0.717, 1.165) is 39.0 Å². The average molecular weight is 508 g/mol. The molecule has 32 heavy (non-hydrogen) atoms. The van der Waals surface area contributed by atoms with Gasteiger partial charge in [-0.1, -0.05) is 0 Å². The van der Waals surface area contributed by atoms with Crippen LogP contribution in [0, 0.1) is 5.82 Å². The van der Waals surface area contributed by atoms with E-state index in [1.807, 2.05) is 34.3 Å². The number of aromatic nitrogens is 3. The number of carboxylic acid groups (broad SMARTS) is 1. The van der Waals surface area contributed by atoms with Gasteiger partial charge in [0.05, 0.1) is 5.52 Å². The fraction of sp³-hybridized carbons (Fsp3) is 0.0417. The predicted molar refractivity (Wildman–Crippen MR) is 126 cm³/mol. The van der Waals surface area contributed by atoms with Gasteiger partial charge in [-0.05, 0) is 93.0 Å². The minimum atomic E-state index is -0.941. The normalized spacial score (nSPS) is 11.2. The first kappa shape index (κ1) is 20.5. The lowest BCUT2D eigenvalue weighted by molar-refractivity contribution is 0.0701. The van der Waals surface area contributed by atoms with E-state index in [0.29, 0.717) is 15.8 Å². The van der Waals surface area contributed by atoms with Gasteiger partial charge in [-0.2, -0.15) is 5.10 Å². The zero-order valence-electron chi connectivity index (χ0n) is 16.5. The first-order valence-corrected chi connectivity index (χ1v) is 11.4. The smallest absolute Gasteiger partial charge is 0.347 e. The second-order valence-electron chi connectivity index (χ2n) is 7.22. The van der Waals surface area contributed by atoms with Crippen LogP contribution in [0.15, 0.2) is 77.0 Å². The molecule has 0 aliphatic rings. The Bertz CT molecular complexity index is 1450. The van der Waals surface area contributed by atoms with Crippen LogP contribution in [-0.4, -0.2) is 25.7 Å². The van der Waals surface area contributed by atoms with Crippen LogP contribution in [0.3, 0.4) is 0 Å². The maximum Gasteiger partial charge on any atom is 0.347 e. The molecule has 0 amide bonds. The maximum atomic E-state index is 13.5. The van der Waals surface area contributed by atoms with Crippen molar-refractivity contribution >= 4 is 38.8 Å². The fourth-order valence-electron chi connectivity index (χ4n) is 3.68. The first-order chi connectivity index (χ1) is 15.5. The lowest BCUT2D eigenvalue weighted by Crippen LogP contribution is -1.95. The predicted octanol–water partition coefficient (Wildman–Crippen LogP) is 6.32. The number of carboxylic acids is 1. The van der Waals surface area contributed by atoms with Crippen molar-refractivity contribution in [2.45, 2.75) is 6.42 Å². The zero-order chi connectivity index (χ0) is 22.2. The SMILES string of the molecule is O=C(O)c1scc(Cc2ccn3nc(-c4ccc(F)cc4)c(-c4ccncc4)c3c2)c1Br. The van der Waals surface area contributed by atoms with Gasteiger partial charge >= 0.3 is 5.97 Å². The van der Waals surface area contributed by atoms with Crippen LogP contribution in [0.2, 0.25) is 0 Å². The molecular formula is C24H15BrFN3O2S. The summed E-state index contributed by atoms with van der Waals surface area (Å²) in [5.74, 6) is -1.24. The Labute approximate surface area is 194 Å². The van der Waals surface area contributed by atoms with Crippen LogP contribution in [0.5, 0.6) is 0 Å². The average Bonchev–Trinajstić information content (AvgIpc) is 3.35. The van der Waals surface area contributed by atoms with Crippen molar-refractivity contribution in [1.82, 2.24) is 14.6 Å². The Morgan fingerprint density at radius 1 is 1.09 bits per heavy atom. The van der Waals surface area contributed by atoms with Crippen LogP contribution >= 0.6 is 27.3 Å². The minimum absolute atomic E-state index is 0.293. The molecule has 0 saturated heterocycles. The summed E-state index contributed by atoms with van der Waals surface area (Å²) in [7, 11) is 0. The molecule has 5 aromatic rings. The number of benzene rings is 1. The number of thiophene rings is 1. The lowest BCUT2D eigenvalue weighted by Gasteiger charge is -2.05. The molecule has 0 bridgehead atoms. The number of hydrogen-bond acceptors (Lipinski definition) is 4. The first-order valence-electron chi connectivity index (χ1n) is 9.68. The molecule has 4 aromatic heterocycles. The molecule has 5 rings (SSSR count). The minimum Gasteiger partial charge on any atom is -0.477 e. The van der Waals surface area contributed by atoms with Gasteiger partial charge in [-0.3, -0.25) is 4.98 Å². The monoisotopic (exact) mass is 507 g/mol. The van der Waals surface area contributed by atoms with E-state index in [-0.39, 0.29) is 5.82 Å². The molecular weight excluding hydrogens is 493 g/mol. The van der Waals surface area contributed by atoms with E-state index in [9.17, 15) is 14.3 Å². The lowest BCUT2D eigenvalue weighted by atomic mass is 9.99. The van der Waals surface area contributed by atoms with Gasteiger partial charge < -0.3 is 5.11 Å². The second-order valence-corrected chi connectivity index (χ2v) is 8.89. The van der Waals surface area contributed by atoms with Crippen molar-refractivity contribution < 1.29 is 14.3 Å². The molecule has 0 spiro atoms. The molecule has 1 N–H and O–H groups in total. The number of fused-ring (bicyclic) bond motifs is 1. The number of halogens is 2. The van der Waals surface area contributed by atoms with Crippen LogP contribution < -0.4 is 0 Å². The van der Waals surface area contributed by atoms with E-state index in [2.05, 4.69) is 27.0 Å².